The minimum absolute atomic E-state index is 0.0379. The average Bonchev–Trinajstić information content (AvgIpc) is 2.14. The van der Waals surface area contributed by atoms with Crippen molar-refractivity contribution in [2.45, 2.75) is 13.0 Å². The zero-order chi connectivity index (χ0) is 10.6. The zero-order valence-electron chi connectivity index (χ0n) is 7.83. The summed E-state index contributed by atoms with van der Waals surface area (Å²) in [6, 6.07) is 7.43. The standard InChI is InChI=1S/C10H11BrN2O/c1-7(13)9-3-2-8(11)6-10(9)14-5-4-12/h2-3,6-7H,5,13H2,1H3/t7-/m1/s1. The van der Waals surface area contributed by atoms with Crippen LogP contribution in [0.1, 0.15) is 18.5 Å². The van der Waals surface area contributed by atoms with Crippen LogP contribution in [0.5, 0.6) is 5.75 Å². The number of nitrogens with zero attached hydrogens (tertiary/aromatic N) is 1. The van der Waals surface area contributed by atoms with Crippen LogP contribution in [0.3, 0.4) is 0 Å². The van der Waals surface area contributed by atoms with Crippen molar-refractivity contribution < 1.29 is 4.74 Å². The van der Waals surface area contributed by atoms with Crippen LogP contribution in [-0.4, -0.2) is 6.61 Å². The summed E-state index contributed by atoms with van der Waals surface area (Å²) in [7, 11) is 0. The molecule has 0 saturated heterocycles. The molecular weight excluding hydrogens is 244 g/mol. The molecule has 3 nitrogen and oxygen atoms in total. The molecule has 1 atom stereocenters. The molecule has 0 radical (unpaired) electrons. The Hall–Kier alpha value is -1.05. The van der Waals surface area contributed by atoms with E-state index in [0.717, 1.165) is 10.0 Å². The summed E-state index contributed by atoms with van der Waals surface area (Å²) in [6.45, 7) is 1.92. The maximum atomic E-state index is 8.41. The molecule has 0 aliphatic rings. The highest BCUT2D eigenvalue weighted by Crippen LogP contribution is 2.27. The van der Waals surface area contributed by atoms with Crippen molar-refractivity contribution in [2.24, 2.45) is 5.73 Å². The molecular formula is C10H11BrN2O. The van der Waals surface area contributed by atoms with E-state index in [4.69, 9.17) is 15.7 Å². The van der Waals surface area contributed by atoms with E-state index in [-0.39, 0.29) is 12.6 Å². The molecule has 1 aromatic rings. The largest absolute Gasteiger partial charge is 0.478 e. The van der Waals surface area contributed by atoms with E-state index in [1.165, 1.54) is 0 Å². The Morgan fingerprint density at radius 3 is 2.93 bits per heavy atom. The van der Waals surface area contributed by atoms with Crippen molar-refractivity contribution in [3.63, 3.8) is 0 Å². The molecule has 0 aliphatic carbocycles. The Morgan fingerprint density at radius 1 is 1.64 bits per heavy atom. The molecule has 0 bridgehead atoms. The smallest absolute Gasteiger partial charge is 0.174 e. The lowest BCUT2D eigenvalue weighted by molar-refractivity contribution is 0.361. The van der Waals surface area contributed by atoms with Crippen molar-refractivity contribution in [1.82, 2.24) is 0 Å². The third-order valence-corrected chi connectivity index (χ3v) is 2.25. The number of halogens is 1. The summed E-state index contributed by atoms with van der Waals surface area (Å²) in [6.07, 6.45) is 0. The third-order valence-electron chi connectivity index (χ3n) is 1.76. The first-order valence-corrected chi connectivity index (χ1v) is 4.99. The van der Waals surface area contributed by atoms with Crippen molar-refractivity contribution in [2.75, 3.05) is 6.61 Å². The van der Waals surface area contributed by atoms with Crippen molar-refractivity contribution >= 4 is 15.9 Å². The second kappa shape index (κ2) is 4.99. The van der Waals surface area contributed by atoms with Crippen molar-refractivity contribution in [3.05, 3.63) is 28.2 Å². The number of rotatable bonds is 3. The molecule has 0 saturated carbocycles. The number of hydrogen-bond donors (Lipinski definition) is 1. The van der Waals surface area contributed by atoms with Crippen LogP contribution in [0, 0.1) is 11.3 Å². The molecule has 2 N–H and O–H groups in total. The first-order chi connectivity index (χ1) is 6.65. The summed E-state index contributed by atoms with van der Waals surface area (Å²) in [5.41, 5.74) is 6.66. The highest BCUT2D eigenvalue weighted by atomic mass is 79.9. The van der Waals surface area contributed by atoms with Crippen LogP contribution < -0.4 is 10.5 Å². The lowest BCUT2D eigenvalue weighted by Crippen LogP contribution is -2.08. The Labute approximate surface area is 91.6 Å². The molecule has 0 fully saturated rings. The van der Waals surface area contributed by atoms with Gasteiger partial charge in [0.05, 0.1) is 0 Å². The van der Waals surface area contributed by atoms with Gasteiger partial charge in [-0.1, -0.05) is 22.0 Å². The van der Waals surface area contributed by atoms with Gasteiger partial charge in [0.15, 0.2) is 6.61 Å². The SMILES string of the molecule is C[C@@H](N)c1ccc(Br)cc1OCC#N. The molecule has 0 aliphatic heterocycles. The van der Waals surface area contributed by atoms with Gasteiger partial charge in [-0.25, -0.2) is 0 Å². The van der Waals surface area contributed by atoms with Crippen molar-refractivity contribution in [3.8, 4) is 11.8 Å². The average molecular weight is 255 g/mol. The van der Waals surface area contributed by atoms with Gasteiger partial charge in [-0.2, -0.15) is 5.26 Å². The molecule has 0 aromatic heterocycles. The van der Waals surface area contributed by atoms with Gasteiger partial charge in [-0.3, -0.25) is 0 Å². The first-order valence-electron chi connectivity index (χ1n) is 4.20. The van der Waals surface area contributed by atoms with Crippen molar-refractivity contribution in [1.29, 1.82) is 5.26 Å². The molecule has 0 amide bonds. The van der Waals surface area contributed by atoms with Gasteiger partial charge in [0.2, 0.25) is 0 Å². The zero-order valence-corrected chi connectivity index (χ0v) is 9.41. The maximum Gasteiger partial charge on any atom is 0.174 e. The van der Waals surface area contributed by atoms with E-state index in [2.05, 4.69) is 15.9 Å². The summed E-state index contributed by atoms with van der Waals surface area (Å²) >= 11 is 3.33. The van der Waals surface area contributed by atoms with Crippen LogP contribution in [0.2, 0.25) is 0 Å². The molecule has 0 spiro atoms. The highest BCUT2D eigenvalue weighted by Gasteiger charge is 2.08. The highest BCUT2D eigenvalue weighted by molar-refractivity contribution is 9.10. The van der Waals surface area contributed by atoms with Gasteiger partial charge in [0.1, 0.15) is 11.8 Å². The van der Waals surface area contributed by atoms with Crippen LogP contribution >= 0.6 is 15.9 Å². The lowest BCUT2D eigenvalue weighted by atomic mass is 10.1. The number of ether oxygens (including phenoxy) is 1. The van der Waals surface area contributed by atoms with E-state index in [9.17, 15) is 0 Å². The Morgan fingerprint density at radius 2 is 2.36 bits per heavy atom. The minimum atomic E-state index is -0.100. The number of nitriles is 1. The Balaban J connectivity index is 2.98. The van der Waals surface area contributed by atoms with E-state index < -0.39 is 0 Å². The molecule has 1 aromatic carbocycles. The maximum absolute atomic E-state index is 8.41. The second-order valence-corrected chi connectivity index (χ2v) is 3.83. The molecule has 1 rings (SSSR count). The number of nitrogens with two attached hydrogens (primary N) is 1. The monoisotopic (exact) mass is 254 g/mol. The van der Waals surface area contributed by atoms with Gasteiger partial charge in [-0.15, -0.1) is 0 Å². The summed E-state index contributed by atoms with van der Waals surface area (Å²) in [4.78, 5) is 0. The van der Waals surface area contributed by atoms with Crippen LogP contribution in [0.25, 0.3) is 0 Å². The molecule has 74 valence electrons. The third kappa shape index (κ3) is 2.72. The van der Waals surface area contributed by atoms with Gasteiger partial charge < -0.3 is 10.5 Å². The number of benzene rings is 1. The predicted molar refractivity (Wildman–Crippen MR) is 57.9 cm³/mol. The Bertz CT molecular complexity index is 358. The quantitative estimate of drug-likeness (QED) is 0.901. The van der Waals surface area contributed by atoms with E-state index in [1.807, 2.05) is 31.2 Å². The van der Waals surface area contributed by atoms with Gasteiger partial charge in [-0.05, 0) is 19.1 Å². The molecule has 4 heteroatoms. The topological polar surface area (TPSA) is 59.0 Å². The summed E-state index contributed by atoms with van der Waals surface area (Å²) in [5, 5.41) is 8.41. The molecule has 0 unspecified atom stereocenters. The van der Waals surface area contributed by atoms with E-state index in [1.54, 1.807) is 0 Å². The summed E-state index contributed by atoms with van der Waals surface area (Å²) in [5.74, 6) is 0.663. The van der Waals surface area contributed by atoms with E-state index >= 15 is 0 Å². The van der Waals surface area contributed by atoms with Crippen LogP contribution in [0.15, 0.2) is 22.7 Å². The van der Waals surface area contributed by atoms with Crippen LogP contribution in [-0.2, 0) is 0 Å². The second-order valence-electron chi connectivity index (χ2n) is 2.92. The fraction of sp³-hybridized carbons (Fsp3) is 0.300. The Kier molecular flexibility index (Phi) is 3.93. The van der Waals surface area contributed by atoms with Gasteiger partial charge in [0.25, 0.3) is 0 Å². The minimum Gasteiger partial charge on any atom is -0.478 e. The lowest BCUT2D eigenvalue weighted by Gasteiger charge is -2.12. The summed E-state index contributed by atoms with van der Waals surface area (Å²) < 4.78 is 6.17. The van der Waals surface area contributed by atoms with Gasteiger partial charge >= 0.3 is 0 Å². The van der Waals surface area contributed by atoms with E-state index in [0.29, 0.717) is 5.75 Å². The molecule has 14 heavy (non-hydrogen) atoms. The number of hydrogen-bond acceptors (Lipinski definition) is 3. The normalized spacial score (nSPS) is 11.9. The fourth-order valence-electron chi connectivity index (χ4n) is 1.12. The molecule has 0 heterocycles. The first kappa shape index (κ1) is 11.0. The van der Waals surface area contributed by atoms with Gasteiger partial charge in [0, 0.05) is 16.1 Å². The predicted octanol–water partition coefficient (Wildman–Crippen LogP) is 2.37. The van der Waals surface area contributed by atoms with Crippen LogP contribution in [0.4, 0.5) is 0 Å². The fourth-order valence-corrected chi connectivity index (χ4v) is 1.46.